The van der Waals surface area contributed by atoms with Gasteiger partial charge in [-0.05, 0) is 43.2 Å². The summed E-state index contributed by atoms with van der Waals surface area (Å²) in [5.41, 5.74) is 7.90. The molecule has 4 heteroatoms. The van der Waals surface area contributed by atoms with E-state index in [1.54, 1.807) is 0 Å². The van der Waals surface area contributed by atoms with Gasteiger partial charge >= 0.3 is 0 Å². The SMILES string of the molecule is CCCOc1cc(NCC2(CCO)CC2)ccc1N. The smallest absolute Gasteiger partial charge is 0.144 e. The Morgan fingerprint density at radius 1 is 1.42 bits per heavy atom. The van der Waals surface area contributed by atoms with Crippen molar-refractivity contribution in [2.45, 2.75) is 32.6 Å². The average molecular weight is 264 g/mol. The average Bonchev–Trinajstić information content (AvgIpc) is 3.17. The molecule has 0 bridgehead atoms. The maximum Gasteiger partial charge on any atom is 0.144 e. The lowest BCUT2D eigenvalue weighted by Crippen LogP contribution is -2.16. The van der Waals surface area contributed by atoms with Crippen LogP contribution in [0.5, 0.6) is 5.75 Å². The van der Waals surface area contributed by atoms with Crippen LogP contribution in [0.3, 0.4) is 0 Å². The van der Waals surface area contributed by atoms with Crippen LogP contribution in [0.1, 0.15) is 32.6 Å². The number of nitrogen functional groups attached to an aromatic ring is 1. The van der Waals surface area contributed by atoms with Crippen LogP contribution in [-0.2, 0) is 0 Å². The Hall–Kier alpha value is -1.42. The molecule has 1 fully saturated rings. The zero-order valence-electron chi connectivity index (χ0n) is 11.6. The van der Waals surface area contributed by atoms with E-state index in [1.807, 2.05) is 18.2 Å². The van der Waals surface area contributed by atoms with Crippen LogP contribution >= 0.6 is 0 Å². The Morgan fingerprint density at radius 2 is 2.21 bits per heavy atom. The second-order valence-corrected chi connectivity index (χ2v) is 5.43. The Bertz CT molecular complexity index is 417. The predicted octanol–water partition coefficient (Wildman–Crippen LogP) is 2.63. The summed E-state index contributed by atoms with van der Waals surface area (Å²) < 4.78 is 5.62. The fraction of sp³-hybridized carbons (Fsp3) is 0.600. The molecule has 0 saturated heterocycles. The number of hydrogen-bond donors (Lipinski definition) is 3. The van der Waals surface area contributed by atoms with Crippen molar-refractivity contribution in [2.75, 3.05) is 30.8 Å². The lowest BCUT2D eigenvalue weighted by atomic mass is 10.0. The van der Waals surface area contributed by atoms with Crippen molar-refractivity contribution in [3.8, 4) is 5.75 Å². The van der Waals surface area contributed by atoms with Crippen LogP contribution in [0.2, 0.25) is 0 Å². The zero-order chi connectivity index (χ0) is 13.7. The van der Waals surface area contributed by atoms with Crippen LogP contribution in [0.15, 0.2) is 18.2 Å². The third-order valence-corrected chi connectivity index (χ3v) is 3.74. The summed E-state index contributed by atoms with van der Waals surface area (Å²) in [6.07, 6.45) is 4.26. The fourth-order valence-electron chi connectivity index (χ4n) is 2.20. The van der Waals surface area contributed by atoms with Crippen LogP contribution in [0, 0.1) is 5.41 Å². The minimum absolute atomic E-state index is 0.272. The molecule has 0 aliphatic heterocycles. The van der Waals surface area contributed by atoms with Gasteiger partial charge in [0.2, 0.25) is 0 Å². The van der Waals surface area contributed by atoms with Gasteiger partial charge in [0, 0.05) is 24.9 Å². The minimum atomic E-state index is 0.272. The summed E-state index contributed by atoms with van der Waals surface area (Å²) in [5.74, 6) is 0.749. The second kappa shape index (κ2) is 6.15. The summed E-state index contributed by atoms with van der Waals surface area (Å²) >= 11 is 0. The molecule has 0 spiro atoms. The molecule has 1 aliphatic rings. The normalized spacial score (nSPS) is 16.1. The van der Waals surface area contributed by atoms with Crippen molar-refractivity contribution in [1.82, 2.24) is 0 Å². The summed E-state index contributed by atoms with van der Waals surface area (Å²) in [7, 11) is 0. The van der Waals surface area contributed by atoms with E-state index in [0.29, 0.717) is 17.7 Å². The van der Waals surface area contributed by atoms with Crippen molar-refractivity contribution < 1.29 is 9.84 Å². The molecule has 0 amide bonds. The number of aliphatic hydroxyl groups is 1. The highest BCUT2D eigenvalue weighted by Crippen LogP contribution is 2.48. The molecule has 2 rings (SSSR count). The van der Waals surface area contributed by atoms with Crippen LogP contribution in [-0.4, -0.2) is 24.9 Å². The quantitative estimate of drug-likeness (QED) is 0.631. The first kappa shape index (κ1) is 14.0. The van der Waals surface area contributed by atoms with E-state index < -0.39 is 0 Å². The van der Waals surface area contributed by atoms with Gasteiger partial charge in [0.1, 0.15) is 5.75 Å². The highest BCUT2D eigenvalue weighted by molar-refractivity contribution is 5.61. The van der Waals surface area contributed by atoms with Crippen molar-refractivity contribution in [2.24, 2.45) is 5.41 Å². The first-order valence-corrected chi connectivity index (χ1v) is 7.06. The molecule has 1 aliphatic carbocycles. The van der Waals surface area contributed by atoms with E-state index in [1.165, 1.54) is 12.8 Å². The third-order valence-electron chi connectivity index (χ3n) is 3.74. The van der Waals surface area contributed by atoms with E-state index in [4.69, 9.17) is 15.6 Å². The number of anilines is 2. The number of ether oxygens (including phenoxy) is 1. The first-order valence-electron chi connectivity index (χ1n) is 7.06. The molecule has 106 valence electrons. The highest BCUT2D eigenvalue weighted by atomic mass is 16.5. The number of hydrogen-bond acceptors (Lipinski definition) is 4. The number of nitrogens with one attached hydrogen (secondary N) is 1. The summed E-state index contributed by atoms with van der Waals surface area (Å²) in [6, 6.07) is 5.81. The fourth-order valence-corrected chi connectivity index (χ4v) is 2.20. The molecule has 0 atom stereocenters. The lowest BCUT2D eigenvalue weighted by Gasteiger charge is -2.16. The standard InChI is InChI=1S/C15H24N2O2/c1-2-9-19-14-10-12(3-4-13(14)16)17-11-15(5-6-15)7-8-18/h3-4,10,17-18H,2,5-9,11,16H2,1H3. The van der Waals surface area contributed by atoms with Crippen LogP contribution < -0.4 is 15.8 Å². The van der Waals surface area contributed by atoms with Gasteiger partial charge in [0.05, 0.1) is 12.3 Å². The van der Waals surface area contributed by atoms with E-state index in [0.717, 1.165) is 30.8 Å². The van der Waals surface area contributed by atoms with Gasteiger partial charge in [-0.15, -0.1) is 0 Å². The topological polar surface area (TPSA) is 67.5 Å². The molecular formula is C15H24N2O2. The maximum atomic E-state index is 9.05. The van der Waals surface area contributed by atoms with Gasteiger partial charge in [-0.2, -0.15) is 0 Å². The second-order valence-electron chi connectivity index (χ2n) is 5.43. The van der Waals surface area contributed by atoms with Crippen molar-refractivity contribution >= 4 is 11.4 Å². The molecule has 0 unspecified atom stereocenters. The molecule has 1 saturated carbocycles. The Morgan fingerprint density at radius 3 is 2.84 bits per heavy atom. The van der Waals surface area contributed by atoms with Crippen molar-refractivity contribution in [3.05, 3.63) is 18.2 Å². The third kappa shape index (κ3) is 3.77. The molecule has 0 radical (unpaired) electrons. The van der Waals surface area contributed by atoms with Gasteiger partial charge in [-0.3, -0.25) is 0 Å². The molecule has 1 aromatic carbocycles. The maximum absolute atomic E-state index is 9.05. The molecular weight excluding hydrogens is 240 g/mol. The zero-order valence-corrected chi connectivity index (χ0v) is 11.6. The van der Waals surface area contributed by atoms with E-state index >= 15 is 0 Å². The number of nitrogens with two attached hydrogens (primary N) is 1. The molecule has 1 aromatic rings. The van der Waals surface area contributed by atoms with Gasteiger partial charge < -0.3 is 20.9 Å². The van der Waals surface area contributed by atoms with Gasteiger partial charge in [-0.1, -0.05) is 6.92 Å². The highest BCUT2D eigenvalue weighted by Gasteiger charge is 2.41. The molecule has 4 nitrogen and oxygen atoms in total. The van der Waals surface area contributed by atoms with E-state index in [2.05, 4.69) is 12.2 Å². The molecule has 0 aromatic heterocycles. The minimum Gasteiger partial charge on any atom is -0.491 e. The summed E-state index contributed by atoms with van der Waals surface area (Å²) in [6.45, 7) is 3.94. The van der Waals surface area contributed by atoms with Gasteiger partial charge in [0.15, 0.2) is 0 Å². The number of rotatable bonds is 8. The summed E-state index contributed by atoms with van der Waals surface area (Å²) in [5, 5.41) is 12.5. The monoisotopic (exact) mass is 264 g/mol. The van der Waals surface area contributed by atoms with Gasteiger partial charge in [0.25, 0.3) is 0 Å². The lowest BCUT2D eigenvalue weighted by molar-refractivity contribution is 0.253. The number of benzene rings is 1. The molecule has 4 N–H and O–H groups in total. The summed E-state index contributed by atoms with van der Waals surface area (Å²) in [4.78, 5) is 0. The number of aliphatic hydroxyl groups excluding tert-OH is 1. The van der Waals surface area contributed by atoms with Crippen molar-refractivity contribution in [1.29, 1.82) is 0 Å². The van der Waals surface area contributed by atoms with E-state index in [-0.39, 0.29) is 6.61 Å². The first-order chi connectivity index (χ1) is 9.19. The molecule has 0 heterocycles. The Kier molecular flexibility index (Phi) is 4.53. The largest absolute Gasteiger partial charge is 0.491 e. The van der Waals surface area contributed by atoms with E-state index in [9.17, 15) is 0 Å². The van der Waals surface area contributed by atoms with Crippen LogP contribution in [0.4, 0.5) is 11.4 Å². The Labute approximate surface area is 115 Å². The van der Waals surface area contributed by atoms with Crippen LogP contribution in [0.25, 0.3) is 0 Å². The molecule has 19 heavy (non-hydrogen) atoms. The predicted molar refractivity (Wildman–Crippen MR) is 78.5 cm³/mol. The van der Waals surface area contributed by atoms with Gasteiger partial charge in [-0.25, -0.2) is 0 Å². The Balaban J connectivity index is 1.93. The van der Waals surface area contributed by atoms with Crippen molar-refractivity contribution in [3.63, 3.8) is 0 Å².